The van der Waals surface area contributed by atoms with Crippen LogP contribution >= 0.6 is 35.6 Å². The highest BCUT2D eigenvalue weighted by Gasteiger charge is 2.18. The number of nitrogens with zero attached hydrogens (tertiary/aromatic N) is 3. The second kappa shape index (κ2) is 11.6. The van der Waals surface area contributed by atoms with E-state index < -0.39 is 5.91 Å². The summed E-state index contributed by atoms with van der Waals surface area (Å²) in [4.78, 5) is 34.1. The van der Waals surface area contributed by atoms with Gasteiger partial charge in [-0.15, -0.1) is 12.4 Å². The number of fused-ring (bicyclic) bond motifs is 1. The molecule has 0 bridgehead atoms. The van der Waals surface area contributed by atoms with Gasteiger partial charge in [0.25, 0.3) is 5.91 Å². The highest BCUT2D eigenvalue weighted by atomic mass is 35.5. The van der Waals surface area contributed by atoms with Crippen molar-refractivity contribution in [3.63, 3.8) is 0 Å². The minimum atomic E-state index is -0.496. The SMILES string of the molecule is Cl.N#Cc1cnc2c(NC(=O)c3c(Cl)cccc3Cl)cccc2c1CC(=O)NCc1ccccn1. The van der Waals surface area contributed by atoms with Gasteiger partial charge in [-0.1, -0.05) is 47.5 Å². The summed E-state index contributed by atoms with van der Waals surface area (Å²) in [6.07, 6.45) is 3.00. The normalized spacial score (nSPS) is 10.2. The van der Waals surface area contributed by atoms with E-state index in [2.05, 4.69) is 26.7 Å². The number of pyridine rings is 2. The molecule has 10 heteroatoms. The summed E-state index contributed by atoms with van der Waals surface area (Å²) in [5.41, 5.74) is 2.49. The van der Waals surface area contributed by atoms with Crippen LogP contribution in [0.3, 0.4) is 0 Å². The Hall–Kier alpha value is -3.70. The quantitative estimate of drug-likeness (QED) is 0.352. The molecular formula is C25H18Cl3N5O2. The third kappa shape index (κ3) is 5.87. The van der Waals surface area contributed by atoms with Crippen molar-refractivity contribution in [3.8, 4) is 6.07 Å². The van der Waals surface area contributed by atoms with Gasteiger partial charge >= 0.3 is 0 Å². The molecule has 0 aliphatic heterocycles. The third-order valence-electron chi connectivity index (χ3n) is 5.10. The van der Waals surface area contributed by atoms with E-state index in [1.807, 2.05) is 12.1 Å². The Morgan fingerprint density at radius 3 is 2.40 bits per heavy atom. The maximum atomic E-state index is 12.9. The standard InChI is InChI=1S/C25H17Cl2N5O2.ClH/c26-19-7-4-8-20(27)23(19)25(34)32-21-9-3-6-17-18(15(12-28)13-31-24(17)21)11-22(33)30-14-16-5-1-2-10-29-16;/h1-10,13H,11,14H2,(H,30,33)(H,32,34);1H. The summed E-state index contributed by atoms with van der Waals surface area (Å²) in [6, 6.07) is 17.5. The number of nitrogens with one attached hydrogen (secondary N) is 2. The number of nitriles is 1. The van der Waals surface area contributed by atoms with Gasteiger partial charge in [0, 0.05) is 17.8 Å². The van der Waals surface area contributed by atoms with Crippen LogP contribution in [0.15, 0.2) is 67.0 Å². The Labute approximate surface area is 217 Å². The third-order valence-corrected chi connectivity index (χ3v) is 5.73. The van der Waals surface area contributed by atoms with Crippen LogP contribution in [0.4, 0.5) is 5.69 Å². The van der Waals surface area contributed by atoms with Crippen LogP contribution < -0.4 is 10.6 Å². The number of halogens is 3. The van der Waals surface area contributed by atoms with E-state index in [1.54, 1.807) is 48.7 Å². The molecule has 4 aromatic rings. The van der Waals surface area contributed by atoms with Gasteiger partial charge in [0.1, 0.15) is 6.07 Å². The van der Waals surface area contributed by atoms with E-state index in [0.29, 0.717) is 22.2 Å². The Morgan fingerprint density at radius 1 is 0.971 bits per heavy atom. The van der Waals surface area contributed by atoms with Gasteiger partial charge in [-0.25, -0.2) is 0 Å². The first kappa shape index (κ1) is 25.9. The predicted molar refractivity (Wildman–Crippen MR) is 138 cm³/mol. The Balaban J connectivity index is 0.00000342. The fourth-order valence-electron chi connectivity index (χ4n) is 3.48. The van der Waals surface area contributed by atoms with Gasteiger partial charge < -0.3 is 10.6 Å². The van der Waals surface area contributed by atoms with Crippen LogP contribution in [0.25, 0.3) is 10.9 Å². The number of benzene rings is 2. The molecule has 2 amide bonds. The molecule has 2 heterocycles. The monoisotopic (exact) mass is 525 g/mol. The second-order valence-electron chi connectivity index (χ2n) is 7.29. The number of rotatable bonds is 6. The molecule has 0 fully saturated rings. The molecule has 7 nitrogen and oxygen atoms in total. The van der Waals surface area contributed by atoms with E-state index in [1.165, 1.54) is 6.20 Å². The smallest absolute Gasteiger partial charge is 0.258 e. The van der Waals surface area contributed by atoms with Crippen molar-refractivity contribution in [2.75, 3.05) is 5.32 Å². The molecule has 0 aliphatic rings. The van der Waals surface area contributed by atoms with E-state index >= 15 is 0 Å². The lowest BCUT2D eigenvalue weighted by atomic mass is 10.00. The summed E-state index contributed by atoms with van der Waals surface area (Å²) in [6.45, 7) is 0.268. The van der Waals surface area contributed by atoms with Crippen LogP contribution in [0, 0.1) is 11.3 Å². The molecule has 2 N–H and O–H groups in total. The highest BCUT2D eigenvalue weighted by molar-refractivity contribution is 6.40. The minimum absolute atomic E-state index is 0. The van der Waals surface area contributed by atoms with E-state index in [4.69, 9.17) is 23.2 Å². The topological polar surface area (TPSA) is 108 Å². The fourth-order valence-corrected chi connectivity index (χ4v) is 4.05. The molecule has 2 aromatic heterocycles. The molecule has 0 aliphatic carbocycles. The lowest BCUT2D eigenvalue weighted by molar-refractivity contribution is -0.120. The molecule has 0 saturated carbocycles. The predicted octanol–water partition coefficient (Wildman–Crippen LogP) is 5.34. The van der Waals surface area contributed by atoms with Gasteiger partial charge in [-0.3, -0.25) is 19.6 Å². The van der Waals surface area contributed by atoms with Crippen molar-refractivity contribution in [2.24, 2.45) is 0 Å². The number of amides is 2. The lowest BCUT2D eigenvalue weighted by Gasteiger charge is -2.13. The zero-order valence-corrected chi connectivity index (χ0v) is 20.4. The molecular weight excluding hydrogens is 509 g/mol. The van der Waals surface area contributed by atoms with Crippen molar-refractivity contribution in [2.45, 2.75) is 13.0 Å². The summed E-state index contributed by atoms with van der Waals surface area (Å²) in [5.74, 6) is -0.768. The van der Waals surface area contributed by atoms with E-state index in [0.717, 1.165) is 5.69 Å². The van der Waals surface area contributed by atoms with Gasteiger partial charge in [-0.05, 0) is 35.9 Å². The van der Waals surface area contributed by atoms with Crippen LogP contribution in [0.5, 0.6) is 0 Å². The van der Waals surface area contributed by atoms with Gasteiger partial charge in [-0.2, -0.15) is 5.26 Å². The highest BCUT2D eigenvalue weighted by Crippen LogP contribution is 2.29. The number of para-hydroxylation sites is 1. The zero-order chi connectivity index (χ0) is 24.1. The van der Waals surface area contributed by atoms with Crippen molar-refractivity contribution in [1.29, 1.82) is 5.26 Å². The number of anilines is 1. The number of carbonyl (C=O) groups excluding carboxylic acids is 2. The average molecular weight is 527 g/mol. The molecule has 2 aromatic carbocycles. The van der Waals surface area contributed by atoms with Crippen LogP contribution in [-0.4, -0.2) is 21.8 Å². The van der Waals surface area contributed by atoms with Crippen molar-refractivity contribution >= 4 is 64.0 Å². The van der Waals surface area contributed by atoms with Crippen molar-refractivity contribution in [3.05, 3.63) is 99.4 Å². The van der Waals surface area contributed by atoms with Gasteiger partial charge in [0.05, 0.1) is 51.0 Å². The number of hydrogen-bond acceptors (Lipinski definition) is 5. The maximum absolute atomic E-state index is 12.9. The summed E-state index contributed by atoms with van der Waals surface area (Å²) in [5, 5.41) is 16.2. The Morgan fingerprint density at radius 2 is 1.71 bits per heavy atom. The molecule has 0 radical (unpaired) electrons. The fraction of sp³-hybridized carbons (Fsp3) is 0.0800. The summed E-state index contributed by atoms with van der Waals surface area (Å²) < 4.78 is 0. The number of carbonyl (C=O) groups is 2. The molecule has 0 saturated heterocycles. The Kier molecular flexibility index (Phi) is 8.61. The van der Waals surface area contributed by atoms with Gasteiger partial charge in [0.2, 0.25) is 5.91 Å². The number of hydrogen-bond donors (Lipinski definition) is 2. The summed E-state index contributed by atoms with van der Waals surface area (Å²) in [7, 11) is 0. The van der Waals surface area contributed by atoms with Crippen molar-refractivity contribution < 1.29 is 9.59 Å². The first-order chi connectivity index (χ1) is 16.5. The molecule has 35 heavy (non-hydrogen) atoms. The first-order valence-electron chi connectivity index (χ1n) is 10.2. The molecule has 176 valence electrons. The minimum Gasteiger partial charge on any atom is -0.350 e. The maximum Gasteiger partial charge on any atom is 0.258 e. The average Bonchev–Trinajstić information content (AvgIpc) is 2.84. The Bertz CT molecular complexity index is 1420. The largest absolute Gasteiger partial charge is 0.350 e. The van der Waals surface area contributed by atoms with Crippen LogP contribution in [0.1, 0.15) is 27.2 Å². The zero-order valence-electron chi connectivity index (χ0n) is 18.1. The number of aromatic nitrogens is 2. The molecule has 0 unspecified atom stereocenters. The first-order valence-corrected chi connectivity index (χ1v) is 11.0. The molecule has 4 rings (SSSR count). The summed E-state index contributed by atoms with van der Waals surface area (Å²) >= 11 is 12.3. The van der Waals surface area contributed by atoms with Gasteiger partial charge in [0.15, 0.2) is 0 Å². The molecule has 0 atom stereocenters. The molecule has 0 spiro atoms. The lowest BCUT2D eigenvalue weighted by Crippen LogP contribution is -2.25. The second-order valence-corrected chi connectivity index (χ2v) is 8.10. The van der Waals surface area contributed by atoms with Crippen LogP contribution in [-0.2, 0) is 17.8 Å². The van der Waals surface area contributed by atoms with E-state index in [-0.39, 0.29) is 52.5 Å². The van der Waals surface area contributed by atoms with Crippen molar-refractivity contribution in [1.82, 2.24) is 15.3 Å². The van der Waals surface area contributed by atoms with Crippen LogP contribution in [0.2, 0.25) is 10.0 Å². The van der Waals surface area contributed by atoms with E-state index in [9.17, 15) is 14.9 Å².